The molecule has 3 rings (SSSR count). The molecule has 2 aromatic rings. The molecular formula is C19H23NO. The highest BCUT2D eigenvalue weighted by atomic mass is 16.5. The minimum atomic E-state index is 0.168. The van der Waals surface area contributed by atoms with Crippen LogP contribution in [0.25, 0.3) is 0 Å². The first kappa shape index (κ1) is 14.3. The van der Waals surface area contributed by atoms with Crippen LogP contribution in [0.2, 0.25) is 0 Å². The first-order valence-corrected chi connectivity index (χ1v) is 7.74. The Morgan fingerprint density at radius 3 is 1.90 bits per heavy atom. The quantitative estimate of drug-likeness (QED) is 0.928. The predicted octanol–water partition coefficient (Wildman–Crippen LogP) is 3.58. The van der Waals surface area contributed by atoms with Crippen molar-refractivity contribution in [1.82, 2.24) is 5.32 Å². The molecule has 1 N–H and O–H groups in total. The van der Waals surface area contributed by atoms with Gasteiger partial charge in [0.2, 0.25) is 0 Å². The van der Waals surface area contributed by atoms with Crippen molar-refractivity contribution in [3.05, 3.63) is 71.8 Å². The molecule has 1 fully saturated rings. The van der Waals surface area contributed by atoms with Crippen LogP contribution in [0.1, 0.15) is 30.9 Å². The Hall–Kier alpha value is -1.64. The van der Waals surface area contributed by atoms with Crippen LogP contribution >= 0.6 is 0 Å². The fourth-order valence-corrected chi connectivity index (χ4v) is 3.05. The minimum absolute atomic E-state index is 0.168. The van der Waals surface area contributed by atoms with E-state index in [-0.39, 0.29) is 18.1 Å². The van der Waals surface area contributed by atoms with E-state index in [1.54, 1.807) is 0 Å². The van der Waals surface area contributed by atoms with Crippen LogP contribution in [0.4, 0.5) is 0 Å². The van der Waals surface area contributed by atoms with E-state index in [2.05, 4.69) is 79.8 Å². The third-order valence-electron chi connectivity index (χ3n) is 4.42. The van der Waals surface area contributed by atoms with Crippen LogP contribution in [-0.4, -0.2) is 24.8 Å². The summed E-state index contributed by atoms with van der Waals surface area (Å²) in [6.07, 6.45) is 0.402. The van der Waals surface area contributed by atoms with Crippen molar-refractivity contribution < 1.29 is 4.74 Å². The van der Waals surface area contributed by atoms with Crippen LogP contribution < -0.4 is 5.32 Å². The highest BCUT2D eigenvalue weighted by molar-refractivity contribution is 5.34. The van der Waals surface area contributed by atoms with E-state index >= 15 is 0 Å². The van der Waals surface area contributed by atoms with Gasteiger partial charge in [-0.1, -0.05) is 60.7 Å². The number of rotatable bonds is 3. The summed E-state index contributed by atoms with van der Waals surface area (Å²) >= 11 is 0. The zero-order valence-electron chi connectivity index (χ0n) is 12.7. The number of benzene rings is 2. The molecule has 0 aromatic heterocycles. The topological polar surface area (TPSA) is 21.3 Å². The maximum atomic E-state index is 6.31. The van der Waals surface area contributed by atoms with Crippen LogP contribution in [0.5, 0.6) is 0 Å². The Morgan fingerprint density at radius 1 is 0.905 bits per heavy atom. The average molecular weight is 281 g/mol. The van der Waals surface area contributed by atoms with E-state index in [1.807, 2.05) is 0 Å². The number of morpholine rings is 1. The van der Waals surface area contributed by atoms with Crippen LogP contribution in [-0.2, 0) is 4.74 Å². The highest BCUT2D eigenvalue weighted by Crippen LogP contribution is 2.31. The molecule has 2 aromatic carbocycles. The summed E-state index contributed by atoms with van der Waals surface area (Å²) in [4.78, 5) is 0. The molecule has 110 valence electrons. The fourth-order valence-electron chi connectivity index (χ4n) is 3.05. The van der Waals surface area contributed by atoms with Crippen molar-refractivity contribution >= 4 is 0 Å². The Labute approximate surface area is 127 Å². The Kier molecular flexibility index (Phi) is 4.37. The first-order chi connectivity index (χ1) is 10.3. The third kappa shape index (κ3) is 3.17. The number of hydrogen-bond acceptors (Lipinski definition) is 2. The summed E-state index contributed by atoms with van der Waals surface area (Å²) in [6, 6.07) is 21.8. The highest BCUT2D eigenvalue weighted by Gasteiger charge is 2.32. The monoisotopic (exact) mass is 281 g/mol. The molecule has 3 unspecified atom stereocenters. The lowest BCUT2D eigenvalue weighted by atomic mass is 9.85. The van der Waals surface area contributed by atoms with Crippen LogP contribution in [0, 0.1) is 0 Å². The van der Waals surface area contributed by atoms with Gasteiger partial charge in [0.25, 0.3) is 0 Å². The molecule has 0 radical (unpaired) electrons. The lowest BCUT2D eigenvalue weighted by molar-refractivity contribution is -0.0558. The summed E-state index contributed by atoms with van der Waals surface area (Å²) in [7, 11) is 0. The van der Waals surface area contributed by atoms with Crippen LogP contribution in [0.3, 0.4) is 0 Å². The molecule has 1 aliphatic rings. The van der Waals surface area contributed by atoms with Crippen molar-refractivity contribution in [3.63, 3.8) is 0 Å². The molecule has 0 aliphatic carbocycles. The molecule has 0 spiro atoms. The van der Waals surface area contributed by atoms with Gasteiger partial charge in [-0.2, -0.15) is 0 Å². The summed E-state index contributed by atoms with van der Waals surface area (Å²) in [6.45, 7) is 5.22. The van der Waals surface area contributed by atoms with Crippen LogP contribution in [0.15, 0.2) is 60.7 Å². The van der Waals surface area contributed by atoms with Gasteiger partial charge in [-0.3, -0.25) is 0 Å². The molecule has 0 amide bonds. The average Bonchev–Trinajstić information content (AvgIpc) is 2.53. The second-order valence-electron chi connectivity index (χ2n) is 5.88. The Balaban J connectivity index is 1.94. The van der Waals surface area contributed by atoms with E-state index in [0.29, 0.717) is 6.04 Å². The molecule has 2 nitrogen and oxygen atoms in total. The van der Waals surface area contributed by atoms with Gasteiger partial charge in [0.1, 0.15) is 0 Å². The summed E-state index contributed by atoms with van der Waals surface area (Å²) in [5.74, 6) is 0.273. The SMILES string of the molecule is CC1NCC(C(c2ccccc2)c2ccccc2)OC1C. The standard InChI is InChI=1S/C19H23NO/c1-14-15(2)21-18(13-20-14)19(16-9-5-3-6-10-16)17-11-7-4-8-12-17/h3-12,14-15,18-20H,13H2,1-2H3. The number of ether oxygens (including phenoxy) is 1. The van der Waals surface area contributed by atoms with E-state index in [4.69, 9.17) is 4.74 Å². The molecule has 3 atom stereocenters. The van der Waals surface area contributed by atoms with Gasteiger partial charge in [-0.15, -0.1) is 0 Å². The fraction of sp³-hybridized carbons (Fsp3) is 0.368. The van der Waals surface area contributed by atoms with Crippen molar-refractivity contribution in [2.75, 3.05) is 6.54 Å². The van der Waals surface area contributed by atoms with Gasteiger partial charge in [-0.05, 0) is 25.0 Å². The second-order valence-corrected chi connectivity index (χ2v) is 5.88. The van der Waals surface area contributed by atoms with Gasteiger partial charge in [0.15, 0.2) is 0 Å². The summed E-state index contributed by atoms with van der Waals surface area (Å²) in [5, 5.41) is 3.58. The molecule has 1 heterocycles. The molecular weight excluding hydrogens is 258 g/mol. The molecule has 2 heteroatoms. The molecule has 0 bridgehead atoms. The maximum absolute atomic E-state index is 6.31. The van der Waals surface area contributed by atoms with Crippen molar-refractivity contribution in [1.29, 1.82) is 0 Å². The molecule has 21 heavy (non-hydrogen) atoms. The van der Waals surface area contributed by atoms with Gasteiger partial charge in [0, 0.05) is 18.5 Å². The molecule has 0 saturated carbocycles. The van der Waals surface area contributed by atoms with Gasteiger partial charge in [0.05, 0.1) is 12.2 Å². The summed E-state index contributed by atoms with van der Waals surface area (Å²) in [5.41, 5.74) is 2.63. The number of nitrogens with one attached hydrogen (secondary N) is 1. The zero-order valence-corrected chi connectivity index (χ0v) is 12.7. The third-order valence-corrected chi connectivity index (χ3v) is 4.42. The minimum Gasteiger partial charge on any atom is -0.371 e. The lowest BCUT2D eigenvalue weighted by Crippen LogP contribution is -2.51. The largest absolute Gasteiger partial charge is 0.371 e. The summed E-state index contributed by atoms with van der Waals surface area (Å²) < 4.78 is 6.31. The lowest BCUT2D eigenvalue weighted by Gasteiger charge is -2.38. The zero-order chi connectivity index (χ0) is 14.7. The van der Waals surface area contributed by atoms with E-state index in [9.17, 15) is 0 Å². The van der Waals surface area contributed by atoms with E-state index in [0.717, 1.165) is 6.54 Å². The van der Waals surface area contributed by atoms with E-state index in [1.165, 1.54) is 11.1 Å². The number of hydrogen-bond donors (Lipinski definition) is 1. The maximum Gasteiger partial charge on any atom is 0.0812 e. The Bertz CT molecular complexity index is 515. The van der Waals surface area contributed by atoms with Crippen molar-refractivity contribution in [2.45, 2.75) is 38.0 Å². The van der Waals surface area contributed by atoms with Gasteiger partial charge in [-0.25, -0.2) is 0 Å². The smallest absolute Gasteiger partial charge is 0.0812 e. The predicted molar refractivity (Wildman–Crippen MR) is 86.5 cm³/mol. The first-order valence-electron chi connectivity index (χ1n) is 7.74. The van der Waals surface area contributed by atoms with Crippen molar-refractivity contribution in [3.8, 4) is 0 Å². The normalized spacial score (nSPS) is 26.0. The second kappa shape index (κ2) is 6.42. The van der Waals surface area contributed by atoms with Crippen molar-refractivity contribution in [2.24, 2.45) is 0 Å². The van der Waals surface area contributed by atoms with Gasteiger partial charge >= 0.3 is 0 Å². The van der Waals surface area contributed by atoms with Gasteiger partial charge < -0.3 is 10.1 Å². The molecule has 1 aliphatic heterocycles. The Morgan fingerprint density at radius 2 is 1.43 bits per heavy atom. The van der Waals surface area contributed by atoms with E-state index < -0.39 is 0 Å². The molecule has 1 saturated heterocycles.